The number of carbonyl (C=O) groups is 3. The van der Waals surface area contributed by atoms with Gasteiger partial charge in [-0.05, 0) is 57.8 Å². The molecule has 0 rings (SSSR count). The molecule has 0 aromatic rings. The highest BCUT2D eigenvalue weighted by molar-refractivity contribution is 5.71. The van der Waals surface area contributed by atoms with Crippen molar-refractivity contribution in [2.24, 2.45) is 0 Å². The van der Waals surface area contributed by atoms with Crippen LogP contribution in [0.2, 0.25) is 0 Å². The molecule has 0 amide bonds. The van der Waals surface area contributed by atoms with Gasteiger partial charge in [0.2, 0.25) is 0 Å². The lowest BCUT2D eigenvalue weighted by atomic mass is 10.1. The standard InChI is InChI=1S/C51H86O6/c1-4-7-10-13-16-19-21-23-24-25-26-28-29-32-35-38-41-44-50(53)56-47-48(46-55-49(52)43-40-37-34-31-18-15-12-9-6-3)57-51(54)45-42-39-36-33-30-27-22-20-17-14-11-8-5-2/h8,11,14,17,20,22-24,27,30,33,36,48H,4-7,9-10,12-13,15-16,18-19,21,25-26,28-29,31-32,34-35,37-47H2,1-3H3/b11-8-,17-14-,22-20-,24-23-,30-27-,36-33-. The minimum atomic E-state index is -0.810. The number of carbonyl (C=O) groups excluding carboxylic acids is 3. The van der Waals surface area contributed by atoms with Gasteiger partial charge in [-0.15, -0.1) is 0 Å². The van der Waals surface area contributed by atoms with Gasteiger partial charge in [0.05, 0.1) is 0 Å². The van der Waals surface area contributed by atoms with Crippen molar-refractivity contribution in [3.63, 3.8) is 0 Å². The molecule has 0 aliphatic rings. The van der Waals surface area contributed by atoms with Gasteiger partial charge in [0.1, 0.15) is 13.2 Å². The van der Waals surface area contributed by atoms with Gasteiger partial charge in [0.25, 0.3) is 0 Å². The van der Waals surface area contributed by atoms with Gasteiger partial charge in [-0.1, -0.05) is 209 Å². The molecule has 6 nitrogen and oxygen atoms in total. The number of hydrogen-bond donors (Lipinski definition) is 0. The molecule has 0 fully saturated rings. The summed E-state index contributed by atoms with van der Waals surface area (Å²) in [6, 6.07) is 0. The first-order valence-corrected chi connectivity index (χ1v) is 23.5. The maximum Gasteiger partial charge on any atom is 0.306 e. The van der Waals surface area contributed by atoms with E-state index in [4.69, 9.17) is 14.2 Å². The molecule has 326 valence electrons. The minimum absolute atomic E-state index is 0.105. The molecule has 6 heteroatoms. The average Bonchev–Trinajstić information content (AvgIpc) is 3.21. The highest BCUT2D eigenvalue weighted by Gasteiger charge is 2.19. The molecule has 0 heterocycles. The maximum absolute atomic E-state index is 12.7. The quantitative estimate of drug-likeness (QED) is 0.0202. The molecule has 0 spiro atoms. The summed E-state index contributed by atoms with van der Waals surface area (Å²) >= 11 is 0. The molecule has 0 saturated heterocycles. The summed E-state index contributed by atoms with van der Waals surface area (Å²) in [5.41, 5.74) is 0. The summed E-state index contributed by atoms with van der Waals surface area (Å²) in [5, 5.41) is 0. The largest absolute Gasteiger partial charge is 0.462 e. The van der Waals surface area contributed by atoms with E-state index in [2.05, 4.69) is 39.0 Å². The topological polar surface area (TPSA) is 78.9 Å². The van der Waals surface area contributed by atoms with Crippen LogP contribution in [-0.4, -0.2) is 37.2 Å². The third kappa shape index (κ3) is 43.8. The predicted octanol–water partition coefficient (Wildman–Crippen LogP) is 15.1. The molecule has 0 aromatic heterocycles. The van der Waals surface area contributed by atoms with Crippen LogP contribution in [0.5, 0.6) is 0 Å². The summed E-state index contributed by atoms with van der Waals surface area (Å²) in [6.07, 6.45) is 56.1. The Morgan fingerprint density at radius 3 is 1.16 bits per heavy atom. The van der Waals surface area contributed by atoms with E-state index in [9.17, 15) is 14.4 Å². The van der Waals surface area contributed by atoms with Crippen LogP contribution in [0.15, 0.2) is 72.9 Å². The van der Waals surface area contributed by atoms with E-state index in [1.165, 1.54) is 116 Å². The maximum atomic E-state index is 12.7. The van der Waals surface area contributed by atoms with Gasteiger partial charge in [-0.25, -0.2) is 0 Å². The number of ether oxygens (including phenoxy) is 3. The average molecular weight is 795 g/mol. The lowest BCUT2D eigenvalue weighted by molar-refractivity contribution is -0.167. The number of esters is 3. The first-order chi connectivity index (χ1) is 28.0. The SMILES string of the molecule is CC\C=C/C=C\C=C/C=C\C=C/CCCC(=O)OC(COC(=O)CCCCCCCCC/C=C\CCCCCCCC)COC(=O)CCCCCCCCCCC. The monoisotopic (exact) mass is 795 g/mol. The fraction of sp³-hybridized carbons (Fsp3) is 0.706. The molecule has 0 bridgehead atoms. The molecule has 1 unspecified atom stereocenters. The number of rotatable bonds is 41. The Hall–Kier alpha value is -3.15. The predicted molar refractivity (Wildman–Crippen MR) is 242 cm³/mol. The molecule has 0 radical (unpaired) electrons. The van der Waals surface area contributed by atoms with Gasteiger partial charge in [0.15, 0.2) is 6.10 Å². The summed E-state index contributed by atoms with van der Waals surface area (Å²) in [7, 11) is 0. The second-order valence-electron chi connectivity index (χ2n) is 15.4. The van der Waals surface area contributed by atoms with Gasteiger partial charge in [0, 0.05) is 19.3 Å². The van der Waals surface area contributed by atoms with E-state index in [0.717, 1.165) is 51.4 Å². The smallest absolute Gasteiger partial charge is 0.306 e. The summed E-state index contributed by atoms with van der Waals surface area (Å²) < 4.78 is 16.6. The molecule has 0 aromatic carbocycles. The zero-order valence-corrected chi connectivity index (χ0v) is 37.1. The first kappa shape index (κ1) is 53.9. The highest BCUT2D eigenvalue weighted by Crippen LogP contribution is 2.14. The first-order valence-electron chi connectivity index (χ1n) is 23.5. The Morgan fingerprint density at radius 1 is 0.368 bits per heavy atom. The van der Waals surface area contributed by atoms with Crippen molar-refractivity contribution in [3.8, 4) is 0 Å². The lowest BCUT2D eigenvalue weighted by Crippen LogP contribution is -2.30. The van der Waals surface area contributed by atoms with E-state index in [-0.39, 0.29) is 37.5 Å². The van der Waals surface area contributed by atoms with Crippen LogP contribution >= 0.6 is 0 Å². The van der Waals surface area contributed by atoms with Crippen molar-refractivity contribution in [2.75, 3.05) is 13.2 Å². The van der Waals surface area contributed by atoms with E-state index >= 15 is 0 Å². The lowest BCUT2D eigenvalue weighted by Gasteiger charge is -2.18. The van der Waals surface area contributed by atoms with E-state index < -0.39 is 6.10 Å². The summed E-state index contributed by atoms with van der Waals surface area (Å²) in [4.78, 5) is 37.7. The zero-order chi connectivity index (χ0) is 41.5. The second-order valence-corrected chi connectivity index (χ2v) is 15.4. The van der Waals surface area contributed by atoms with Gasteiger partial charge in [-0.3, -0.25) is 14.4 Å². The number of allylic oxidation sites excluding steroid dienone is 12. The fourth-order valence-corrected chi connectivity index (χ4v) is 6.29. The number of hydrogen-bond acceptors (Lipinski definition) is 6. The van der Waals surface area contributed by atoms with E-state index in [1.54, 1.807) is 0 Å². The van der Waals surface area contributed by atoms with Crippen molar-refractivity contribution in [2.45, 2.75) is 219 Å². The molecular weight excluding hydrogens is 709 g/mol. The minimum Gasteiger partial charge on any atom is -0.462 e. The second kappa shape index (κ2) is 45.6. The van der Waals surface area contributed by atoms with Crippen LogP contribution in [0.25, 0.3) is 0 Å². The third-order valence-electron chi connectivity index (χ3n) is 9.82. The Kier molecular flexibility index (Phi) is 43.0. The number of unbranched alkanes of at least 4 members (excludes halogenated alkanes) is 22. The van der Waals surface area contributed by atoms with E-state index in [0.29, 0.717) is 19.3 Å². The van der Waals surface area contributed by atoms with Crippen LogP contribution < -0.4 is 0 Å². The van der Waals surface area contributed by atoms with Crippen molar-refractivity contribution < 1.29 is 28.6 Å². The van der Waals surface area contributed by atoms with Gasteiger partial charge >= 0.3 is 17.9 Å². The summed E-state index contributed by atoms with van der Waals surface area (Å²) in [5.74, 6) is -0.990. The van der Waals surface area contributed by atoms with Crippen LogP contribution in [0.3, 0.4) is 0 Å². The van der Waals surface area contributed by atoms with Crippen molar-refractivity contribution in [1.29, 1.82) is 0 Å². The van der Waals surface area contributed by atoms with Crippen LogP contribution in [0.4, 0.5) is 0 Å². The van der Waals surface area contributed by atoms with Crippen molar-refractivity contribution >= 4 is 17.9 Å². The Balaban J connectivity index is 4.43. The van der Waals surface area contributed by atoms with Crippen LogP contribution in [0, 0.1) is 0 Å². The van der Waals surface area contributed by atoms with Crippen molar-refractivity contribution in [3.05, 3.63) is 72.9 Å². The van der Waals surface area contributed by atoms with E-state index in [1.807, 2.05) is 54.7 Å². The molecular formula is C51H86O6. The molecule has 0 aliphatic carbocycles. The zero-order valence-electron chi connectivity index (χ0n) is 37.1. The van der Waals surface area contributed by atoms with Gasteiger partial charge < -0.3 is 14.2 Å². The molecule has 0 N–H and O–H groups in total. The van der Waals surface area contributed by atoms with Gasteiger partial charge in [-0.2, -0.15) is 0 Å². The van der Waals surface area contributed by atoms with Crippen LogP contribution in [0.1, 0.15) is 213 Å². The Morgan fingerprint density at radius 2 is 0.719 bits per heavy atom. The molecule has 1 atom stereocenters. The third-order valence-corrected chi connectivity index (χ3v) is 9.82. The molecule has 0 aliphatic heterocycles. The van der Waals surface area contributed by atoms with Crippen LogP contribution in [-0.2, 0) is 28.6 Å². The fourth-order valence-electron chi connectivity index (χ4n) is 6.29. The van der Waals surface area contributed by atoms with Crippen molar-refractivity contribution in [1.82, 2.24) is 0 Å². The Bertz CT molecular complexity index is 1100. The normalized spacial score (nSPS) is 12.7. The molecule has 57 heavy (non-hydrogen) atoms. The Labute approximate surface area is 351 Å². The summed E-state index contributed by atoms with van der Waals surface area (Å²) in [6.45, 7) is 6.39. The highest BCUT2D eigenvalue weighted by atomic mass is 16.6. The molecule has 0 saturated carbocycles.